The van der Waals surface area contributed by atoms with Crippen LogP contribution in [-0.2, 0) is 13.2 Å². The minimum absolute atomic E-state index is 0.130. The third-order valence-corrected chi connectivity index (χ3v) is 2.96. The van der Waals surface area contributed by atoms with Crippen LogP contribution in [0, 0.1) is 18.6 Å². The first-order chi connectivity index (χ1) is 9.94. The van der Waals surface area contributed by atoms with Crippen molar-refractivity contribution in [3.63, 3.8) is 0 Å². The van der Waals surface area contributed by atoms with Gasteiger partial charge in [0, 0.05) is 24.2 Å². The Labute approximate surface area is 122 Å². The fourth-order valence-corrected chi connectivity index (χ4v) is 1.90. The van der Waals surface area contributed by atoms with Gasteiger partial charge in [-0.1, -0.05) is 13.8 Å². The fraction of sp³-hybridized carbons (Fsp3) is 0.375. The molecule has 0 spiro atoms. The molecule has 0 radical (unpaired) electrons. The van der Waals surface area contributed by atoms with Gasteiger partial charge in [0.25, 0.3) is 0 Å². The minimum Gasteiger partial charge on any atom is -0.485 e. The summed E-state index contributed by atoms with van der Waals surface area (Å²) in [6.45, 7) is 6.83. The Morgan fingerprint density at radius 1 is 1.14 bits per heavy atom. The molecule has 0 atom stereocenters. The maximum atomic E-state index is 13.0. The molecule has 0 aliphatic carbocycles. The maximum absolute atomic E-state index is 13.0. The van der Waals surface area contributed by atoms with Gasteiger partial charge in [0.1, 0.15) is 35.5 Å². The molecule has 1 aromatic carbocycles. The van der Waals surface area contributed by atoms with E-state index < -0.39 is 11.6 Å². The summed E-state index contributed by atoms with van der Waals surface area (Å²) >= 11 is 0. The van der Waals surface area contributed by atoms with Crippen LogP contribution in [0.3, 0.4) is 0 Å². The van der Waals surface area contributed by atoms with E-state index in [9.17, 15) is 8.78 Å². The van der Waals surface area contributed by atoms with Crippen LogP contribution < -0.4 is 10.1 Å². The first-order valence-electron chi connectivity index (χ1n) is 6.84. The van der Waals surface area contributed by atoms with E-state index in [0.29, 0.717) is 18.3 Å². The molecule has 0 bridgehead atoms. The Bertz CT molecular complexity index is 588. The smallest absolute Gasteiger partial charge is 0.146 e. The van der Waals surface area contributed by atoms with Crippen molar-refractivity contribution in [1.82, 2.24) is 5.32 Å². The lowest BCUT2D eigenvalue weighted by atomic mass is 10.2. The molecule has 2 rings (SSSR count). The van der Waals surface area contributed by atoms with Crippen molar-refractivity contribution < 1.29 is 17.9 Å². The zero-order valence-corrected chi connectivity index (χ0v) is 12.4. The van der Waals surface area contributed by atoms with Gasteiger partial charge in [0.2, 0.25) is 0 Å². The molecule has 1 N–H and O–H groups in total. The number of hydrogen-bond acceptors (Lipinski definition) is 3. The van der Waals surface area contributed by atoms with Crippen LogP contribution in [0.25, 0.3) is 0 Å². The van der Waals surface area contributed by atoms with E-state index >= 15 is 0 Å². The number of nitrogens with one attached hydrogen (secondary N) is 1. The molecule has 0 saturated heterocycles. The van der Waals surface area contributed by atoms with Crippen LogP contribution in [0.15, 0.2) is 28.7 Å². The lowest BCUT2D eigenvalue weighted by molar-refractivity contribution is 0.262. The lowest BCUT2D eigenvalue weighted by Crippen LogP contribution is -2.21. The Morgan fingerprint density at radius 2 is 1.81 bits per heavy atom. The third-order valence-electron chi connectivity index (χ3n) is 2.96. The standard InChI is InChI=1S/C16H19F2NO2/c1-10(2)19-8-16-11(3)4-15(21-16)9-20-14-6-12(17)5-13(18)7-14/h4-7,10,19H,8-9H2,1-3H3. The predicted octanol–water partition coefficient (Wildman–Crippen LogP) is 3.94. The summed E-state index contributed by atoms with van der Waals surface area (Å²) in [5, 5.41) is 3.27. The largest absolute Gasteiger partial charge is 0.485 e. The quantitative estimate of drug-likeness (QED) is 0.876. The molecule has 1 aromatic heterocycles. The molecule has 0 unspecified atom stereocenters. The van der Waals surface area contributed by atoms with Gasteiger partial charge in [0.05, 0.1) is 6.54 Å². The van der Waals surface area contributed by atoms with E-state index in [1.54, 1.807) is 0 Å². The molecule has 2 aromatic rings. The number of furan rings is 1. The van der Waals surface area contributed by atoms with Gasteiger partial charge in [-0.15, -0.1) is 0 Å². The van der Waals surface area contributed by atoms with Crippen LogP contribution in [-0.4, -0.2) is 6.04 Å². The summed E-state index contributed by atoms with van der Waals surface area (Å²) in [6, 6.07) is 5.32. The normalized spacial score (nSPS) is 11.1. The van der Waals surface area contributed by atoms with Gasteiger partial charge in [0.15, 0.2) is 0 Å². The Hall–Kier alpha value is -1.88. The molecule has 5 heteroatoms. The van der Waals surface area contributed by atoms with Crippen molar-refractivity contribution in [2.45, 2.75) is 40.0 Å². The summed E-state index contributed by atoms with van der Waals surface area (Å²) in [5.41, 5.74) is 1.02. The number of halogens is 2. The molecule has 114 valence electrons. The first kappa shape index (κ1) is 15.5. The van der Waals surface area contributed by atoms with E-state index in [2.05, 4.69) is 19.2 Å². The molecule has 0 saturated carbocycles. The minimum atomic E-state index is -0.664. The molecule has 3 nitrogen and oxygen atoms in total. The summed E-state index contributed by atoms with van der Waals surface area (Å²) < 4.78 is 37.1. The molecule has 21 heavy (non-hydrogen) atoms. The first-order valence-corrected chi connectivity index (χ1v) is 6.84. The van der Waals surface area contributed by atoms with E-state index in [4.69, 9.17) is 9.15 Å². The second-order valence-corrected chi connectivity index (χ2v) is 5.25. The predicted molar refractivity (Wildman–Crippen MR) is 76.1 cm³/mol. The summed E-state index contributed by atoms with van der Waals surface area (Å²) in [5.74, 6) is 0.277. The Kier molecular flexibility index (Phi) is 4.96. The number of hydrogen-bond donors (Lipinski definition) is 1. The molecule has 0 amide bonds. The summed E-state index contributed by atoms with van der Waals surface area (Å²) in [7, 11) is 0. The molecule has 0 aliphatic heterocycles. The highest BCUT2D eigenvalue weighted by Crippen LogP contribution is 2.19. The number of rotatable bonds is 6. The van der Waals surface area contributed by atoms with Gasteiger partial charge < -0.3 is 14.5 Å². The molecule has 0 aliphatic rings. The summed E-state index contributed by atoms with van der Waals surface area (Å²) in [4.78, 5) is 0. The SMILES string of the molecule is Cc1cc(COc2cc(F)cc(F)c2)oc1CNC(C)C. The Morgan fingerprint density at radius 3 is 2.43 bits per heavy atom. The van der Waals surface area contributed by atoms with Gasteiger partial charge in [-0.3, -0.25) is 0 Å². The van der Waals surface area contributed by atoms with Gasteiger partial charge >= 0.3 is 0 Å². The zero-order valence-electron chi connectivity index (χ0n) is 12.4. The van der Waals surface area contributed by atoms with Crippen LogP contribution in [0.4, 0.5) is 8.78 Å². The average Bonchev–Trinajstić information content (AvgIpc) is 2.73. The van der Waals surface area contributed by atoms with Crippen molar-refractivity contribution in [3.05, 3.63) is 53.0 Å². The zero-order chi connectivity index (χ0) is 15.4. The second kappa shape index (κ2) is 6.72. The van der Waals surface area contributed by atoms with Crippen molar-refractivity contribution in [1.29, 1.82) is 0 Å². The van der Waals surface area contributed by atoms with E-state index in [-0.39, 0.29) is 12.4 Å². The highest BCUT2D eigenvalue weighted by molar-refractivity contribution is 5.25. The van der Waals surface area contributed by atoms with Crippen LogP contribution in [0.2, 0.25) is 0 Å². The second-order valence-electron chi connectivity index (χ2n) is 5.25. The van der Waals surface area contributed by atoms with Crippen LogP contribution >= 0.6 is 0 Å². The maximum Gasteiger partial charge on any atom is 0.146 e. The molecular formula is C16H19F2NO2. The van der Waals surface area contributed by atoms with Crippen LogP contribution in [0.5, 0.6) is 5.75 Å². The topological polar surface area (TPSA) is 34.4 Å². The van der Waals surface area contributed by atoms with Crippen molar-refractivity contribution >= 4 is 0 Å². The van der Waals surface area contributed by atoms with Gasteiger partial charge in [-0.05, 0) is 18.6 Å². The van der Waals surface area contributed by atoms with E-state index in [1.165, 1.54) is 0 Å². The number of ether oxygens (including phenoxy) is 1. The number of aryl methyl sites for hydroxylation is 1. The van der Waals surface area contributed by atoms with E-state index in [0.717, 1.165) is 29.5 Å². The van der Waals surface area contributed by atoms with Crippen molar-refractivity contribution in [3.8, 4) is 5.75 Å². The Balaban J connectivity index is 1.98. The monoisotopic (exact) mass is 295 g/mol. The molecule has 0 fully saturated rings. The third kappa shape index (κ3) is 4.56. The van der Waals surface area contributed by atoms with Crippen LogP contribution in [0.1, 0.15) is 30.9 Å². The number of benzene rings is 1. The van der Waals surface area contributed by atoms with Gasteiger partial charge in [-0.25, -0.2) is 8.78 Å². The van der Waals surface area contributed by atoms with Crippen molar-refractivity contribution in [2.75, 3.05) is 0 Å². The van der Waals surface area contributed by atoms with Crippen molar-refractivity contribution in [2.24, 2.45) is 0 Å². The summed E-state index contributed by atoms with van der Waals surface area (Å²) in [6.07, 6.45) is 0. The highest BCUT2D eigenvalue weighted by atomic mass is 19.1. The fourth-order valence-electron chi connectivity index (χ4n) is 1.90. The lowest BCUT2D eigenvalue weighted by Gasteiger charge is -2.06. The van der Waals surface area contributed by atoms with E-state index in [1.807, 2.05) is 13.0 Å². The van der Waals surface area contributed by atoms with Gasteiger partial charge in [-0.2, -0.15) is 0 Å². The highest BCUT2D eigenvalue weighted by Gasteiger charge is 2.09. The average molecular weight is 295 g/mol. The molecule has 1 heterocycles. The molecular weight excluding hydrogens is 276 g/mol.